The van der Waals surface area contributed by atoms with E-state index in [9.17, 15) is 8.42 Å². The van der Waals surface area contributed by atoms with E-state index < -0.39 is 9.84 Å². The molecule has 0 aliphatic carbocycles. The first kappa shape index (κ1) is 19.8. The minimum absolute atomic E-state index is 0. The zero-order valence-electron chi connectivity index (χ0n) is 14.2. The maximum absolute atomic E-state index is 11.1. The molecule has 25 heavy (non-hydrogen) atoms. The first-order valence-corrected chi connectivity index (χ1v) is 10.2. The minimum Gasteiger partial charge on any atom is -0.493 e. The second kappa shape index (κ2) is 8.73. The molecule has 1 aliphatic rings. The molecule has 1 saturated heterocycles. The fourth-order valence-corrected chi connectivity index (χ4v) is 3.35. The lowest BCUT2D eigenvalue weighted by Gasteiger charge is -2.22. The van der Waals surface area contributed by atoms with Crippen LogP contribution in [0, 0.1) is 0 Å². The molecule has 0 bridgehead atoms. The Morgan fingerprint density at radius 3 is 2.84 bits per heavy atom. The van der Waals surface area contributed by atoms with Crippen LogP contribution in [0.5, 0.6) is 5.75 Å². The fourth-order valence-electron chi connectivity index (χ4n) is 2.71. The number of fused-ring (bicyclic) bond motifs is 1. The summed E-state index contributed by atoms with van der Waals surface area (Å²) in [5.74, 6) is 0.793. The van der Waals surface area contributed by atoms with Crippen LogP contribution in [0.25, 0.3) is 11.1 Å². The van der Waals surface area contributed by atoms with Gasteiger partial charge in [-0.2, -0.15) is 4.98 Å². The summed E-state index contributed by atoms with van der Waals surface area (Å²) in [6.45, 7) is 2.36. The fraction of sp³-hybridized carbons (Fsp3) is 0.562. The topological polar surface area (TPSA) is 93.5 Å². The minimum atomic E-state index is -2.94. The van der Waals surface area contributed by atoms with Crippen molar-refractivity contribution in [1.29, 1.82) is 0 Å². The molecule has 3 rings (SSSR count). The molecule has 0 unspecified atom stereocenters. The second-order valence-electron chi connectivity index (χ2n) is 6.15. The Labute approximate surface area is 153 Å². The molecule has 2 N–H and O–H groups in total. The van der Waals surface area contributed by atoms with Gasteiger partial charge in [-0.3, -0.25) is 0 Å². The van der Waals surface area contributed by atoms with E-state index in [2.05, 4.69) is 15.6 Å². The quantitative estimate of drug-likeness (QED) is 0.701. The lowest BCUT2D eigenvalue weighted by atomic mass is 10.1. The number of hydrogen-bond donors (Lipinski definition) is 2. The Balaban J connectivity index is 0.00000225. The van der Waals surface area contributed by atoms with Crippen molar-refractivity contribution in [3.63, 3.8) is 0 Å². The van der Waals surface area contributed by atoms with Crippen LogP contribution in [-0.4, -0.2) is 51.1 Å². The molecule has 9 heteroatoms. The van der Waals surface area contributed by atoms with E-state index >= 15 is 0 Å². The molecule has 2 heterocycles. The van der Waals surface area contributed by atoms with Crippen molar-refractivity contribution in [1.82, 2.24) is 10.3 Å². The number of benzene rings is 1. The molecule has 1 fully saturated rings. The van der Waals surface area contributed by atoms with Gasteiger partial charge in [0.2, 0.25) is 0 Å². The summed E-state index contributed by atoms with van der Waals surface area (Å²) in [4.78, 5) is 4.46. The van der Waals surface area contributed by atoms with Gasteiger partial charge in [-0.25, -0.2) is 8.42 Å². The normalized spacial score (nSPS) is 15.7. The van der Waals surface area contributed by atoms with Gasteiger partial charge < -0.3 is 19.8 Å². The van der Waals surface area contributed by atoms with Gasteiger partial charge in [0.05, 0.1) is 12.4 Å². The van der Waals surface area contributed by atoms with Crippen LogP contribution in [0.3, 0.4) is 0 Å². The van der Waals surface area contributed by atoms with Crippen LogP contribution >= 0.6 is 12.4 Å². The van der Waals surface area contributed by atoms with E-state index in [-0.39, 0.29) is 18.2 Å². The molecule has 0 spiro atoms. The molecule has 7 nitrogen and oxygen atoms in total. The molecule has 140 valence electrons. The number of aromatic nitrogens is 1. The Bertz CT molecular complexity index is 788. The predicted octanol–water partition coefficient (Wildman–Crippen LogP) is 2.23. The second-order valence-corrected chi connectivity index (χ2v) is 8.41. The summed E-state index contributed by atoms with van der Waals surface area (Å²) in [6.07, 6.45) is 3.80. The zero-order valence-corrected chi connectivity index (χ0v) is 15.8. The van der Waals surface area contributed by atoms with Crippen molar-refractivity contribution in [3.05, 3.63) is 18.2 Å². The third kappa shape index (κ3) is 6.05. The number of anilines is 1. The number of rotatable bonds is 7. The van der Waals surface area contributed by atoms with Gasteiger partial charge in [0, 0.05) is 18.4 Å². The standard InChI is InChI=1S/C16H23N3O4S.ClH/c1-24(20,21)10-2-9-22-13-3-4-15-14(11-13)19-16(23-15)18-12-5-7-17-8-6-12;/h3-4,11-12,17H,2,5-10H2,1H3,(H,18,19);1H. The van der Waals surface area contributed by atoms with E-state index in [1.807, 2.05) is 18.2 Å². The average Bonchev–Trinajstić information content (AvgIpc) is 2.93. The summed E-state index contributed by atoms with van der Waals surface area (Å²) in [5, 5.41) is 6.66. The van der Waals surface area contributed by atoms with Gasteiger partial charge in [-0.05, 0) is 44.5 Å². The molecule has 1 aromatic heterocycles. The van der Waals surface area contributed by atoms with Crippen molar-refractivity contribution in [3.8, 4) is 5.75 Å². The van der Waals surface area contributed by atoms with Crippen molar-refractivity contribution < 1.29 is 17.6 Å². The van der Waals surface area contributed by atoms with Gasteiger partial charge in [0.15, 0.2) is 5.58 Å². The third-order valence-electron chi connectivity index (χ3n) is 3.95. The van der Waals surface area contributed by atoms with Crippen LogP contribution in [0.1, 0.15) is 19.3 Å². The van der Waals surface area contributed by atoms with Crippen LogP contribution in [0.4, 0.5) is 6.01 Å². The molecule has 0 atom stereocenters. The summed E-state index contributed by atoms with van der Waals surface area (Å²) >= 11 is 0. The highest BCUT2D eigenvalue weighted by Gasteiger charge is 2.15. The van der Waals surface area contributed by atoms with Crippen LogP contribution in [0.2, 0.25) is 0 Å². The van der Waals surface area contributed by atoms with E-state index in [1.165, 1.54) is 6.26 Å². The maximum Gasteiger partial charge on any atom is 0.295 e. The number of ether oxygens (including phenoxy) is 1. The Kier molecular flexibility index (Phi) is 6.92. The van der Waals surface area contributed by atoms with Gasteiger partial charge >= 0.3 is 0 Å². The van der Waals surface area contributed by atoms with Crippen molar-refractivity contribution in [2.24, 2.45) is 0 Å². The largest absolute Gasteiger partial charge is 0.493 e. The number of sulfone groups is 1. The van der Waals surface area contributed by atoms with Crippen LogP contribution in [-0.2, 0) is 9.84 Å². The lowest BCUT2D eigenvalue weighted by Crippen LogP contribution is -2.35. The molecule has 1 aliphatic heterocycles. The van der Waals surface area contributed by atoms with Crippen molar-refractivity contribution >= 4 is 39.4 Å². The average molecular weight is 390 g/mol. The zero-order chi connectivity index (χ0) is 17.0. The molecule has 1 aromatic carbocycles. The van der Waals surface area contributed by atoms with E-state index in [0.29, 0.717) is 36.4 Å². The summed E-state index contributed by atoms with van der Waals surface area (Å²) in [5.41, 5.74) is 1.43. The number of piperidine rings is 1. The van der Waals surface area contributed by atoms with Gasteiger partial charge in [0.1, 0.15) is 21.1 Å². The van der Waals surface area contributed by atoms with E-state index in [1.54, 1.807) is 0 Å². The molecule has 0 amide bonds. The highest BCUT2D eigenvalue weighted by Crippen LogP contribution is 2.24. The Hall–Kier alpha value is -1.51. The van der Waals surface area contributed by atoms with Gasteiger partial charge in [-0.15, -0.1) is 12.4 Å². The van der Waals surface area contributed by atoms with E-state index in [0.717, 1.165) is 31.4 Å². The number of oxazole rings is 1. The van der Waals surface area contributed by atoms with Crippen LogP contribution in [0.15, 0.2) is 22.6 Å². The summed E-state index contributed by atoms with van der Waals surface area (Å²) < 4.78 is 33.5. The van der Waals surface area contributed by atoms with Crippen LogP contribution < -0.4 is 15.4 Å². The SMILES string of the molecule is CS(=O)(=O)CCCOc1ccc2oc(NC3CCNCC3)nc2c1.Cl. The summed E-state index contributed by atoms with van der Waals surface area (Å²) in [7, 11) is -2.94. The highest BCUT2D eigenvalue weighted by atomic mass is 35.5. The number of hydrogen-bond acceptors (Lipinski definition) is 7. The van der Waals surface area contributed by atoms with Gasteiger partial charge in [0.25, 0.3) is 6.01 Å². The van der Waals surface area contributed by atoms with Gasteiger partial charge in [-0.1, -0.05) is 0 Å². The number of halogens is 1. The molecule has 0 saturated carbocycles. The molecule has 2 aromatic rings. The Morgan fingerprint density at radius 2 is 2.12 bits per heavy atom. The highest BCUT2D eigenvalue weighted by molar-refractivity contribution is 7.90. The van der Waals surface area contributed by atoms with Crippen molar-refractivity contribution in [2.45, 2.75) is 25.3 Å². The summed E-state index contributed by atoms with van der Waals surface area (Å²) in [6, 6.07) is 6.36. The molecule has 0 radical (unpaired) electrons. The monoisotopic (exact) mass is 389 g/mol. The molecular formula is C16H24ClN3O4S. The molecular weight excluding hydrogens is 366 g/mol. The predicted molar refractivity (Wildman–Crippen MR) is 101 cm³/mol. The first-order valence-electron chi connectivity index (χ1n) is 8.18. The third-order valence-corrected chi connectivity index (χ3v) is 4.98. The first-order chi connectivity index (χ1) is 11.5. The number of nitrogens with zero attached hydrogens (tertiary/aromatic N) is 1. The van der Waals surface area contributed by atoms with Crippen molar-refractivity contribution in [2.75, 3.05) is 37.0 Å². The number of nitrogens with one attached hydrogen (secondary N) is 2. The Morgan fingerprint density at radius 1 is 1.36 bits per heavy atom. The van der Waals surface area contributed by atoms with E-state index in [4.69, 9.17) is 9.15 Å². The smallest absolute Gasteiger partial charge is 0.295 e. The maximum atomic E-state index is 11.1. The lowest BCUT2D eigenvalue weighted by molar-refractivity contribution is 0.318.